The maximum atomic E-state index is 11.7. The Balaban J connectivity index is 2.52. The van der Waals surface area contributed by atoms with Gasteiger partial charge in [0.25, 0.3) is 5.91 Å². The highest BCUT2D eigenvalue weighted by atomic mass is 35.5. The Hall–Kier alpha value is -1.20. The van der Waals surface area contributed by atoms with Gasteiger partial charge in [-0.1, -0.05) is 11.6 Å². The lowest BCUT2D eigenvalue weighted by atomic mass is 10.2. The molecule has 88 valence electrons. The van der Waals surface area contributed by atoms with Crippen LogP contribution >= 0.6 is 11.6 Å². The van der Waals surface area contributed by atoms with Crippen LogP contribution in [0.3, 0.4) is 0 Å². The SMILES string of the molecule is COCCC(C)NC(=O)c1cncc(Cl)n1. The van der Waals surface area contributed by atoms with E-state index in [1.165, 1.54) is 12.4 Å². The molecule has 1 rings (SSSR count). The predicted octanol–water partition coefficient (Wildman–Crippen LogP) is 1.28. The number of carbonyl (C=O) groups excluding carboxylic acids is 1. The van der Waals surface area contributed by atoms with Crippen LogP contribution in [-0.2, 0) is 4.74 Å². The quantitative estimate of drug-likeness (QED) is 0.846. The van der Waals surface area contributed by atoms with Crippen LogP contribution in [0, 0.1) is 0 Å². The molecule has 6 heteroatoms. The summed E-state index contributed by atoms with van der Waals surface area (Å²) in [4.78, 5) is 19.3. The van der Waals surface area contributed by atoms with Crippen molar-refractivity contribution in [3.05, 3.63) is 23.2 Å². The fourth-order valence-electron chi connectivity index (χ4n) is 1.12. The molecule has 0 radical (unpaired) electrons. The molecule has 0 aliphatic heterocycles. The first kappa shape index (κ1) is 12.9. The molecule has 0 aliphatic carbocycles. The van der Waals surface area contributed by atoms with E-state index < -0.39 is 0 Å². The Kier molecular flexibility index (Phi) is 5.14. The second-order valence-electron chi connectivity index (χ2n) is 3.38. The van der Waals surface area contributed by atoms with E-state index in [9.17, 15) is 4.79 Å². The molecule has 1 heterocycles. The number of methoxy groups -OCH3 is 1. The third-order valence-electron chi connectivity index (χ3n) is 1.97. The van der Waals surface area contributed by atoms with E-state index in [-0.39, 0.29) is 22.8 Å². The molecule has 0 fully saturated rings. The van der Waals surface area contributed by atoms with E-state index in [0.717, 1.165) is 6.42 Å². The minimum Gasteiger partial charge on any atom is -0.385 e. The monoisotopic (exact) mass is 243 g/mol. The number of rotatable bonds is 5. The lowest BCUT2D eigenvalue weighted by Crippen LogP contribution is -2.33. The largest absolute Gasteiger partial charge is 0.385 e. The number of ether oxygens (including phenoxy) is 1. The van der Waals surface area contributed by atoms with Crippen molar-refractivity contribution in [3.63, 3.8) is 0 Å². The molecule has 0 saturated carbocycles. The summed E-state index contributed by atoms with van der Waals surface area (Å²) in [6.45, 7) is 2.50. The fraction of sp³-hybridized carbons (Fsp3) is 0.500. The van der Waals surface area contributed by atoms with Gasteiger partial charge in [-0.2, -0.15) is 0 Å². The maximum absolute atomic E-state index is 11.7. The van der Waals surface area contributed by atoms with Crippen LogP contribution in [0.15, 0.2) is 12.4 Å². The van der Waals surface area contributed by atoms with Gasteiger partial charge in [0.2, 0.25) is 0 Å². The Bertz CT molecular complexity index is 360. The fourth-order valence-corrected chi connectivity index (χ4v) is 1.26. The molecule has 1 unspecified atom stereocenters. The average molecular weight is 244 g/mol. The summed E-state index contributed by atoms with van der Waals surface area (Å²) in [5.74, 6) is -0.279. The van der Waals surface area contributed by atoms with Crippen molar-refractivity contribution in [1.82, 2.24) is 15.3 Å². The molecule has 16 heavy (non-hydrogen) atoms. The van der Waals surface area contributed by atoms with E-state index in [1.54, 1.807) is 7.11 Å². The second kappa shape index (κ2) is 6.40. The Morgan fingerprint density at radius 2 is 2.38 bits per heavy atom. The highest BCUT2D eigenvalue weighted by Crippen LogP contribution is 2.03. The third kappa shape index (κ3) is 4.12. The molecular weight excluding hydrogens is 230 g/mol. The van der Waals surface area contributed by atoms with Gasteiger partial charge in [-0.05, 0) is 13.3 Å². The van der Waals surface area contributed by atoms with E-state index in [1.807, 2.05) is 6.92 Å². The molecule has 0 spiro atoms. The van der Waals surface area contributed by atoms with Gasteiger partial charge in [0, 0.05) is 19.8 Å². The molecule has 1 amide bonds. The smallest absolute Gasteiger partial charge is 0.271 e. The van der Waals surface area contributed by atoms with E-state index >= 15 is 0 Å². The predicted molar refractivity (Wildman–Crippen MR) is 60.5 cm³/mol. The average Bonchev–Trinajstić information content (AvgIpc) is 2.26. The third-order valence-corrected chi connectivity index (χ3v) is 2.15. The highest BCUT2D eigenvalue weighted by Gasteiger charge is 2.11. The zero-order chi connectivity index (χ0) is 12.0. The van der Waals surface area contributed by atoms with Gasteiger partial charge in [0.15, 0.2) is 0 Å². The Morgan fingerprint density at radius 1 is 1.62 bits per heavy atom. The van der Waals surface area contributed by atoms with E-state index in [0.29, 0.717) is 6.61 Å². The number of halogens is 1. The minimum absolute atomic E-state index is 0.0215. The normalized spacial score (nSPS) is 12.2. The Labute approximate surface area is 99.2 Å². The summed E-state index contributed by atoms with van der Waals surface area (Å²) in [5, 5.41) is 2.98. The first-order chi connectivity index (χ1) is 7.63. The minimum atomic E-state index is -0.279. The van der Waals surface area contributed by atoms with Crippen LogP contribution in [0.5, 0.6) is 0 Å². The molecule has 5 nitrogen and oxygen atoms in total. The summed E-state index contributed by atoms with van der Waals surface area (Å²) in [6.07, 6.45) is 3.51. The number of nitrogens with zero attached hydrogens (tertiary/aromatic N) is 2. The van der Waals surface area contributed by atoms with Crippen molar-refractivity contribution in [1.29, 1.82) is 0 Å². The van der Waals surface area contributed by atoms with Crippen molar-refractivity contribution in [2.75, 3.05) is 13.7 Å². The zero-order valence-corrected chi connectivity index (χ0v) is 9.99. The molecule has 1 N–H and O–H groups in total. The molecule has 0 bridgehead atoms. The lowest BCUT2D eigenvalue weighted by molar-refractivity contribution is 0.0924. The first-order valence-electron chi connectivity index (χ1n) is 4.91. The molecule has 1 aromatic rings. The van der Waals surface area contributed by atoms with Crippen molar-refractivity contribution in [3.8, 4) is 0 Å². The molecule has 0 saturated heterocycles. The summed E-state index contributed by atoms with van der Waals surface area (Å²) in [5.41, 5.74) is 0.219. The number of amides is 1. The van der Waals surface area contributed by atoms with Crippen LogP contribution in [0.2, 0.25) is 5.15 Å². The number of hydrogen-bond acceptors (Lipinski definition) is 4. The van der Waals surface area contributed by atoms with E-state index in [2.05, 4.69) is 15.3 Å². The van der Waals surface area contributed by atoms with Gasteiger partial charge in [-0.15, -0.1) is 0 Å². The maximum Gasteiger partial charge on any atom is 0.271 e. The molecule has 1 atom stereocenters. The first-order valence-corrected chi connectivity index (χ1v) is 5.28. The standard InChI is InChI=1S/C10H14ClN3O2/c1-7(3-4-16-2)13-10(15)8-5-12-6-9(11)14-8/h5-7H,3-4H2,1-2H3,(H,13,15). The van der Waals surface area contributed by atoms with Crippen LogP contribution in [-0.4, -0.2) is 35.6 Å². The second-order valence-corrected chi connectivity index (χ2v) is 3.77. The number of aromatic nitrogens is 2. The van der Waals surface area contributed by atoms with Gasteiger partial charge in [-0.25, -0.2) is 4.98 Å². The lowest BCUT2D eigenvalue weighted by Gasteiger charge is -2.12. The van der Waals surface area contributed by atoms with E-state index in [4.69, 9.17) is 16.3 Å². The molecule has 0 aromatic carbocycles. The molecule has 1 aromatic heterocycles. The van der Waals surface area contributed by atoms with Crippen molar-refractivity contribution in [2.45, 2.75) is 19.4 Å². The van der Waals surface area contributed by atoms with Crippen LogP contribution < -0.4 is 5.32 Å². The van der Waals surface area contributed by atoms with Crippen molar-refractivity contribution >= 4 is 17.5 Å². The van der Waals surface area contributed by atoms with Crippen LogP contribution in [0.4, 0.5) is 0 Å². The summed E-state index contributed by atoms with van der Waals surface area (Å²) in [6, 6.07) is 0.0215. The summed E-state index contributed by atoms with van der Waals surface area (Å²) >= 11 is 5.64. The highest BCUT2D eigenvalue weighted by molar-refractivity contribution is 6.29. The van der Waals surface area contributed by atoms with Gasteiger partial charge >= 0.3 is 0 Å². The van der Waals surface area contributed by atoms with Crippen molar-refractivity contribution in [2.24, 2.45) is 0 Å². The number of nitrogens with one attached hydrogen (secondary N) is 1. The molecule has 0 aliphatic rings. The van der Waals surface area contributed by atoms with Crippen LogP contribution in [0.1, 0.15) is 23.8 Å². The van der Waals surface area contributed by atoms with Gasteiger partial charge < -0.3 is 10.1 Å². The summed E-state index contributed by atoms with van der Waals surface area (Å²) in [7, 11) is 1.62. The Morgan fingerprint density at radius 3 is 3.00 bits per heavy atom. The number of carbonyl (C=O) groups is 1. The zero-order valence-electron chi connectivity index (χ0n) is 9.24. The van der Waals surface area contributed by atoms with Crippen molar-refractivity contribution < 1.29 is 9.53 Å². The van der Waals surface area contributed by atoms with Gasteiger partial charge in [0.05, 0.1) is 12.4 Å². The number of hydrogen-bond donors (Lipinski definition) is 1. The van der Waals surface area contributed by atoms with Gasteiger partial charge in [-0.3, -0.25) is 9.78 Å². The van der Waals surface area contributed by atoms with Crippen LogP contribution in [0.25, 0.3) is 0 Å². The summed E-state index contributed by atoms with van der Waals surface area (Å²) < 4.78 is 4.92. The molecular formula is C10H14ClN3O2. The van der Waals surface area contributed by atoms with Gasteiger partial charge in [0.1, 0.15) is 10.8 Å². The topological polar surface area (TPSA) is 64.1 Å².